The molecule has 0 spiro atoms. The number of hydrogen-bond donors (Lipinski definition) is 4. The Kier molecular flexibility index (Phi) is 11.1. The van der Waals surface area contributed by atoms with Gasteiger partial charge in [-0.3, -0.25) is 0 Å². The van der Waals surface area contributed by atoms with E-state index in [0.29, 0.717) is 0 Å². The Hall–Kier alpha value is -0.240. The van der Waals surface area contributed by atoms with Crippen LogP contribution in [0.3, 0.4) is 0 Å². The lowest BCUT2D eigenvalue weighted by molar-refractivity contribution is -0.312. The van der Waals surface area contributed by atoms with Crippen molar-refractivity contribution in [2.75, 3.05) is 6.61 Å². The average molecular weight is 348 g/mol. The molecule has 0 aliphatic carbocycles. The van der Waals surface area contributed by atoms with Crippen LogP contribution in [0, 0.1) is 0 Å². The third-order valence-corrected chi connectivity index (χ3v) is 4.68. The Labute approximate surface area is 145 Å². The summed E-state index contributed by atoms with van der Waals surface area (Å²) in [6.07, 6.45) is 3.65. The molecule has 1 rings (SSSR count). The number of rotatable bonds is 12. The lowest BCUT2D eigenvalue weighted by atomic mass is 9.99. The fraction of sp³-hybridized carbons (Fsp3) is 1.00. The van der Waals surface area contributed by atoms with Gasteiger partial charge >= 0.3 is 0 Å². The van der Waals surface area contributed by atoms with Crippen molar-refractivity contribution in [2.24, 2.45) is 0 Å². The molecule has 0 unspecified atom stereocenters. The minimum atomic E-state index is -1.38. The number of unbranched alkanes of at least 4 members (excludes halogenated alkanes) is 5. The number of aliphatic hydroxyl groups is 4. The van der Waals surface area contributed by atoms with E-state index >= 15 is 0 Å². The quantitative estimate of drug-likeness (QED) is 0.401. The first kappa shape index (κ1) is 21.8. The smallest absolute Gasteiger partial charge is 0.186 e. The molecule has 1 fully saturated rings. The summed E-state index contributed by atoms with van der Waals surface area (Å²) in [5.41, 5.74) is 0. The first-order valence-corrected chi connectivity index (χ1v) is 9.51. The van der Waals surface area contributed by atoms with Crippen LogP contribution in [0.15, 0.2) is 0 Å². The standard InChI is InChI=1S/C18H36O6/c1-3-5-7-9-11-13(10-8-6-4-2)23-18-17(22)16(21)15(20)14(12-19)24-18/h13-22H,3-12H2,1-2H3/t13-,14+,15+,16-,17+,18+/m0/s1. The Balaban J connectivity index is 2.57. The summed E-state index contributed by atoms with van der Waals surface area (Å²) in [7, 11) is 0. The topological polar surface area (TPSA) is 99.4 Å². The summed E-state index contributed by atoms with van der Waals surface area (Å²) in [6.45, 7) is 3.89. The molecule has 1 heterocycles. The van der Waals surface area contributed by atoms with Gasteiger partial charge in [-0.2, -0.15) is 0 Å². The van der Waals surface area contributed by atoms with Gasteiger partial charge in [-0.1, -0.05) is 58.8 Å². The third-order valence-electron chi connectivity index (χ3n) is 4.68. The van der Waals surface area contributed by atoms with E-state index in [4.69, 9.17) is 9.47 Å². The first-order valence-electron chi connectivity index (χ1n) is 9.51. The van der Waals surface area contributed by atoms with Gasteiger partial charge in [0.1, 0.15) is 24.4 Å². The summed E-state index contributed by atoms with van der Waals surface area (Å²) in [5.74, 6) is 0. The Morgan fingerprint density at radius 1 is 0.833 bits per heavy atom. The van der Waals surface area contributed by atoms with Crippen molar-refractivity contribution < 1.29 is 29.9 Å². The zero-order valence-electron chi connectivity index (χ0n) is 15.1. The molecule has 0 aromatic rings. The van der Waals surface area contributed by atoms with E-state index in [1.54, 1.807) is 0 Å². The van der Waals surface area contributed by atoms with E-state index in [0.717, 1.165) is 44.9 Å². The summed E-state index contributed by atoms with van der Waals surface area (Å²) in [6, 6.07) is 0. The van der Waals surface area contributed by atoms with Crippen molar-refractivity contribution in [1.29, 1.82) is 0 Å². The van der Waals surface area contributed by atoms with E-state index in [1.165, 1.54) is 12.8 Å². The second kappa shape index (κ2) is 12.2. The highest BCUT2D eigenvalue weighted by Crippen LogP contribution is 2.25. The van der Waals surface area contributed by atoms with Crippen LogP contribution < -0.4 is 0 Å². The molecule has 6 atom stereocenters. The second-order valence-corrected chi connectivity index (χ2v) is 6.80. The lowest BCUT2D eigenvalue weighted by Gasteiger charge is -2.41. The number of hydrogen-bond acceptors (Lipinski definition) is 6. The van der Waals surface area contributed by atoms with Crippen LogP contribution in [-0.4, -0.2) is 63.8 Å². The van der Waals surface area contributed by atoms with Gasteiger partial charge in [0.05, 0.1) is 12.7 Å². The van der Waals surface area contributed by atoms with Gasteiger partial charge in [0.15, 0.2) is 6.29 Å². The highest BCUT2D eigenvalue weighted by Gasteiger charge is 2.44. The van der Waals surface area contributed by atoms with Crippen LogP contribution in [0.2, 0.25) is 0 Å². The Bertz CT molecular complexity index is 312. The van der Waals surface area contributed by atoms with Crippen molar-refractivity contribution in [3.8, 4) is 0 Å². The van der Waals surface area contributed by atoms with E-state index in [9.17, 15) is 20.4 Å². The van der Waals surface area contributed by atoms with Crippen molar-refractivity contribution in [2.45, 2.75) is 108 Å². The van der Waals surface area contributed by atoms with Crippen molar-refractivity contribution in [3.05, 3.63) is 0 Å². The minimum absolute atomic E-state index is 0.0464. The highest BCUT2D eigenvalue weighted by atomic mass is 16.7. The maximum atomic E-state index is 10.1. The predicted molar refractivity (Wildman–Crippen MR) is 91.5 cm³/mol. The first-order chi connectivity index (χ1) is 11.5. The molecule has 6 heteroatoms. The largest absolute Gasteiger partial charge is 0.394 e. The highest BCUT2D eigenvalue weighted by molar-refractivity contribution is 4.89. The van der Waals surface area contributed by atoms with E-state index < -0.39 is 37.3 Å². The lowest BCUT2D eigenvalue weighted by Crippen LogP contribution is -2.59. The molecule has 0 aromatic heterocycles. The molecule has 0 amide bonds. The maximum Gasteiger partial charge on any atom is 0.186 e. The van der Waals surface area contributed by atoms with Gasteiger partial charge in [-0.25, -0.2) is 0 Å². The summed E-state index contributed by atoms with van der Waals surface area (Å²) in [5, 5.41) is 39.1. The van der Waals surface area contributed by atoms with Crippen LogP contribution >= 0.6 is 0 Å². The van der Waals surface area contributed by atoms with Crippen molar-refractivity contribution >= 4 is 0 Å². The zero-order chi connectivity index (χ0) is 17.9. The van der Waals surface area contributed by atoms with Crippen molar-refractivity contribution in [1.82, 2.24) is 0 Å². The van der Waals surface area contributed by atoms with Crippen LogP contribution in [0.25, 0.3) is 0 Å². The third kappa shape index (κ3) is 6.94. The van der Waals surface area contributed by atoms with Gasteiger partial charge in [0, 0.05) is 0 Å². The fourth-order valence-electron chi connectivity index (χ4n) is 3.07. The van der Waals surface area contributed by atoms with Gasteiger partial charge in [-0.05, 0) is 12.8 Å². The van der Waals surface area contributed by atoms with Crippen molar-refractivity contribution in [3.63, 3.8) is 0 Å². The van der Waals surface area contributed by atoms with Crippen LogP contribution in [-0.2, 0) is 9.47 Å². The van der Waals surface area contributed by atoms with Gasteiger partial charge in [0.25, 0.3) is 0 Å². The number of ether oxygens (including phenoxy) is 2. The molecule has 6 nitrogen and oxygen atoms in total. The molecule has 0 radical (unpaired) electrons. The molecular formula is C18H36O6. The monoisotopic (exact) mass is 348 g/mol. The van der Waals surface area contributed by atoms with Crippen LogP contribution in [0.1, 0.15) is 71.6 Å². The molecule has 0 aromatic carbocycles. The summed E-state index contributed by atoms with van der Waals surface area (Å²) < 4.78 is 11.4. The fourth-order valence-corrected chi connectivity index (χ4v) is 3.07. The summed E-state index contributed by atoms with van der Waals surface area (Å²) in [4.78, 5) is 0. The van der Waals surface area contributed by atoms with E-state index in [1.807, 2.05) is 0 Å². The molecule has 1 saturated heterocycles. The predicted octanol–water partition coefficient (Wildman–Crippen LogP) is 1.72. The van der Waals surface area contributed by atoms with E-state index in [-0.39, 0.29) is 6.10 Å². The molecule has 1 aliphatic rings. The SMILES string of the molecule is CCCCCC[C@H](CCCCC)O[C@@H]1O[C@H](CO)[C@@H](O)[C@H](O)[C@H]1O. The number of aliphatic hydroxyl groups excluding tert-OH is 4. The molecular weight excluding hydrogens is 312 g/mol. The summed E-state index contributed by atoms with van der Waals surface area (Å²) >= 11 is 0. The molecule has 144 valence electrons. The molecule has 24 heavy (non-hydrogen) atoms. The van der Waals surface area contributed by atoms with Gasteiger partial charge in [0.2, 0.25) is 0 Å². The van der Waals surface area contributed by atoms with Gasteiger partial charge < -0.3 is 29.9 Å². The average Bonchev–Trinajstić information content (AvgIpc) is 2.58. The van der Waals surface area contributed by atoms with E-state index in [2.05, 4.69) is 13.8 Å². The molecule has 4 N–H and O–H groups in total. The zero-order valence-corrected chi connectivity index (χ0v) is 15.1. The van der Waals surface area contributed by atoms with Crippen LogP contribution in [0.4, 0.5) is 0 Å². The molecule has 0 bridgehead atoms. The minimum Gasteiger partial charge on any atom is -0.394 e. The molecule has 0 saturated carbocycles. The Morgan fingerprint density at radius 3 is 2.00 bits per heavy atom. The molecule has 1 aliphatic heterocycles. The second-order valence-electron chi connectivity index (χ2n) is 6.80. The normalized spacial score (nSPS) is 32.0. The van der Waals surface area contributed by atoms with Gasteiger partial charge in [-0.15, -0.1) is 0 Å². The Morgan fingerprint density at radius 2 is 1.42 bits per heavy atom. The van der Waals surface area contributed by atoms with Crippen LogP contribution in [0.5, 0.6) is 0 Å². The maximum absolute atomic E-state index is 10.1.